The van der Waals surface area contributed by atoms with E-state index in [9.17, 15) is 9.59 Å². The molecule has 1 aromatic carbocycles. The number of rotatable bonds is 4. The minimum absolute atomic E-state index is 0.142. The van der Waals surface area contributed by atoms with E-state index in [1.165, 1.54) is 26.5 Å². The van der Waals surface area contributed by atoms with Crippen LogP contribution >= 0.6 is 22.9 Å². The molecule has 0 atom stereocenters. The lowest BCUT2D eigenvalue weighted by molar-refractivity contribution is 0.339. The van der Waals surface area contributed by atoms with Crippen molar-refractivity contribution in [1.29, 1.82) is 0 Å². The molecule has 0 unspecified atom stereocenters. The SMILES string of the molecule is CCOc1nc2c(cc(-c3ccc(=O)n(C)c3)c(=O)n2-c2cccc(Cl)c2)s1. The van der Waals surface area contributed by atoms with E-state index in [2.05, 4.69) is 4.98 Å². The monoisotopic (exact) mass is 413 g/mol. The van der Waals surface area contributed by atoms with Crippen LogP contribution in [0.15, 0.2) is 58.3 Å². The van der Waals surface area contributed by atoms with Crippen molar-refractivity contribution < 1.29 is 4.74 Å². The molecular weight excluding hydrogens is 398 g/mol. The second-order valence-corrected chi connectivity index (χ2v) is 7.58. The predicted molar refractivity (Wildman–Crippen MR) is 112 cm³/mol. The van der Waals surface area contributed by atoms with E-state index in [4.69, 9.17) is 16.3 Å². The lowest BCUT2D eigenvalue weighted by Crippen LogP contribution is -2.22. The number of halogens is 1. The fourth-order valence-corrected chi connectivity index (χ4v) is 4.05. The molecule has 4 rings (SSSR count). The average molecular weight is 414 g/mol. The van der Waals surface area contributed by atoms with Crippen LogP contribution in [0.1, 0.15) is 6.92 Å². The Hall–Kier alpha value is -2.90. The van der Waals surface area contributed by atoms with Gasteiger partial charge in [-0.2, -0.15) is 4.98 Å². The normalized spacial score (nSPS) is 11.1. The number of pyridine rings is 2. The van der Waals surface area contributed by atoms with Crippen LogP contribution < -0.4 is 15.9 Å². The summed E-state index contributed by atoms with van der Waals surface area (Å²) in [6.45, 7) is 2.36. The molecule has 0 fully saturated rings. The van der Waals surface area contributed by atoms with Gasteiger partial charge in [-0.05, 0) is 37.3 Å². The molecule has 142 valence electrons. The zero-order valence-corrected chi connectivity index (χ0v) is 16.8. The van der Waals surface area contributed by atoms with Gasteiger partial charge in [-0.15, -0.1) is 0 Å². The van der Waals surface area contributed by atoms with Gasteiger partial charge in [0, 0.05) is 29.9 Å². The number of benzene rings is 1. The van der Waals surface area contributed by atoms with Gasteiger partial charge in [-0.3, -0.25) is 14.2 Å². The first kappa shape index (κ1) is 18.5. The second-order valence-electron chi connectivity index (χ2n) is 6.15. The molecule has 4 aromatic rings. The molecule has 0 radical (unpaired) electrons. The number of thiazole rings is 1. The number of nitrogens with zero attached hydrogens (tertiary/aromatic N) is 3. The van der Waals surface area contributed by atoms with E-state index in [0.29, 0.717) is 39.3 Å². The number of fused-ring (bicyclic) bond motifs is 1. The van der Waals surface area contributed by atoms with Crippen LogP contribution in [0.5, 0.6) is 5.19 Å². The highest BCUT2D eigenvalue weighted by Crippen LogP contribution is 2.31. The van der Waals surface area contributed by atoms with Gasteiger partial charge in [-0.1, -0.05) is 29.0 Å². The van der Waals surface area contributed by atoms with Crippen molar-refractivity contribution in [2.24, 2.45) is 7.05 Å². The largest absolute Gasteiger partial charge is 0.470 e. The highest BCUT2D eigenvalue weighted by Gasteiger charge is 2.17. The van der Waals surface area contributed by atoms with Gasteiger partial charge in [-0.25, -0.2) is 0 Å². The van der Waals surface area contributed by atoms with E-state index < -0.39 is 0 Å². The maximum absolute atomic E-state index is 13.4. The summed E-state index contributed by atoms with van der Waals surface area (Å²) in [6.07, 6.45) is 1.65. The Morgan fingerprint density at radius 3 is 2.71 bits per heavy atom. The van der Waals surface area contributed by atoms with Gasteiger partial charge in [0.25, 0.3) is 10.8 Å². The first-order valence-corrected chi connectivity index (χ1v) is 9.79. The standard InChI is InChI=1S/C20H16ClN3O3S/c1-3-27-20-22-18-16(28-20)10-15(12-7-8-17(25)23(2)11-12)19(26)24(18)14-6-4-5-13(21)9-14/h4-11H,3H2,1-2H3. The molecule has 28 heavy (non-hydrogen) atoms. The Balaban J connectivity index is 2.07. The van der Waals surface area contributed by atoms with Crippen molar-refractivity contribution in [1.82, 2.24) is 14.1 Å². The molecule has 3 aromatic heterocycles. The van der Waals surface area contributed by atoms with E-state index in [1.54, 1.807) is 49.6 Å². The van der Waals surface area contributed by atoms with Crippen LogP contribution in [-0.2, 0) is 7.05 Å². The molecule has 0 amide bonds. The van der Waals surface area contributed by atoms with Crippen molar-refractivity contribution in [2.45, 2.75) is 6.92 Å². The van der Waals surface area contributed by atoms with Crippen molar-refractivity contribution in [3.05, 3.63) is 74.4 Å². The Morgan fingerprint density at radius 2 is 2.00 bits per heavy atom. The molecule has 3 heterocycles. The average Bonchev–Trinajstić information content (AvgIpc) is 3.06. The van der Waals surface area contributed by atoms with E-state index in [0.717, 1.165) is 4.70 Å². The fourth-order valence-electron chi connectivity index (χ4n) is 2.97. The van der Waals surface area contributed by atoms with E-state index >= 15 is 0 Å². The predicted octanol–water partition coefficient (Wildman–Crippen LogP) is 3.87. The molecule has 0 aliphatic heterocycles. The van der Waals surface area contributed by atoms with Crippen molar-refractivity contribution in [3.8, 4) is 22.0 Å². The van der Waals surface area contributed by atoms with E-state index in [-0.39, 0.29) is 11.1 Å². The Bertz CT molecular complexity index is 1310. The summed E-state index contributed by atoms with van der Waals surface area (Å²) in [6, 6.07) is 11.9. The van der Waals surface area contributed by atoms with Gasteiger partial charge in [0.2, 0.25) is 5.56 Å². The van der Waals surface area contributed by atoms with E-state index in [1.807, 2.05) is 6.92 Å². The highest BCUT2D eigenvalue weighted by molar-refractivity contribution is 7.20. The van der Waals surface area contributed by atoms with Crippen LogP contribution in [0.2, 0.25) is 5.02 Å². The third kappa shape index (κ3) is 3.23. The lowest BCUT2D eigenvalue weighted by Gasteiger charge is -2.11. The minimum Gasteiger partial charge on any atom is -0.470 e. The highest BCUT2D eigenvalue weighted by atomic mass is 35.5. The van der Waals surface area contributed by atoms with Crippen molar-refractivity contribution in [3.63, 3.8) is 0 Å². The van der Waals surface area contributed by atoms with Gasteiger partial charge >= 0.3 is 0 Å². The quantitative estimate of drug-likeness (QED) is 0.509. The molecule has 0 aliphatic rings. The Kier molecular flexibility index (Phi) is 4.78. The molecule has 8 heteroatoms. The number of ether oxygens (including phenoxy) is 1. The van der Waals surface area contributed by atoms with Crippen molar-refractivity contribution >= 4 is 33.3 Å². The summed E-state index contributed by atoms with van der Waals surface area (Å²) in [5, 5.41) is 1.01. The molecule has 0 saturated carbocycles. The van der Waals surface area contributed by atoms with Crippen LogP contribution in [0.4, 0.5) is 0 Å². The summed E-state index contributed by atoms with van der Waals surface area (Å²) < 4.78 is 9.32. The van der Waals surface area contributed by atoms with Gasteiger partial charge in [0.15, 0.2) is 5.65 Å². The summed E-state index contributed by atoms with van der Waals surface area (Å²) in [4.78, 5) is 29.7. The first-order chi connectivity index (χ1) is 13.5. The first-order valence-electron chi connectivity index (χ1n) is 8.60. The van der Waals surface area contributed by atoms with Crippen molar-refractivity contribution in [2.75, 3.05) is 6.61 Å². The second kappa shape index (κ2) is 7.26. The maximum atomic E-state index is 13.4. The van der Waals surface area contributed by atoms with Crippen LogP contribution in [0.25, 0.3) is 27.2 Å². The van der Waals surface area contributed by atoms with Gasteiger partial charge < -0.3 is 9.30 Å². The van der Waals surface area contributed by atoms with Crippen LogP contribution in [-0.4, -0.2) is 20.7 Å². The Labute approximate surface area is 169 Å². The van der Waals surface area contributed by atoms with Crippen LogP contribution in [0, 0.1) is 0 Å². The number of aryl methyl sites for hydroxylation is 1. The smallest absolute Gasteiger partial charge is 0.275 e. The third-order valence-electron chi connectivity index (χ3n) is 4.27. The third-order valence-corrected chi connectivity index (χ3v) is 5.41. The minimum atomic E-state index is -0.248. The molecular formula is C20H16ClN3O3S. The summed E-state index contributed by atoms with van der Waals surface area (Å²) >= 11 is 7.52. The molecule has 0 spiro atoms. The number of hydrogen-bond acceptors (Lipinski definition) is 5. The zero-order valence-electron chi connectivity index (χ0n) is 15.2. The fraction of sp³-hybridized carbons (Fsp3) is 0.150. The van der Waals surface area contributed by atoms with Crippen LogP contribution in [0.3, 0.4) is 0 Å². The Morgan fingerprint density at radius 1 is 1.18 bits per heavy atom. The summed E-state index contributed by atoms with van der Waals surface area (Å²) in [7, 11) is 1.65. The zero-order chi connectivity index (χ0) is 19.8. The topological polar surface area (TPSA) is 66.1 Å². The number of aromatic nitrogens is 3. The number of hydrogen-bond donors (Lipinski definition) is 0. The molecule has 0 bridgehead atoms. The molecule has 0 saturated heterocycles. The summed E-state index contributed by atoms with van der Waals surface area (Å²) in [5.41, 5.74) is 1.85. The maximum Gasteiger partial charge on any atom is 0.275 e. The lowest BCUT2D eigenvalue weighted by atomic mass is 10.1. The molecule has 6 nitrogen and oxygen atoms in total. The molecule has 0 N–H and O–H groups in total. The summed E-state index contributed by atoms with van der Waals surface area (Å²) in [5.74, 6) is 0. The molecule has 0 aliphatic carbocycles. The van der Waals surface area contributed by atoms with Gasteiger partial charge in [0.05, 0.1) is 22.6 Å². The van der Waals surface area contributed by atoms with Gasteiger partial charge in [0.1, 0.15) is 0 Å².